The molecule has 0 aliphatic rings. The third-order valence-corrected chi connectivity index (χ3v) is 4.15. The summed E-state index contributed by atoms with van der Waals surface area (Å²) in [4.78, 5) is 24.2. The van der Waals surface area contributed by atoms with Gasteiger partial charge in [0.15, 0.2) is 11.3 Å². The molecule has 0 aliphatic carbocycles. The zero-order valence-electron chi connectivity index (χ0n) is 14.6. The van der Waals surface area contributed by atoms with Gasteiger partial charge < -0.3 is 20.1 Å². The first-order chi connectivity index (χ1) is 13.2. The van der Waals surface area contributed by atoms with Crippen molar-refractivity contribution in [2.75, 3.05) is 13.7 Å². The molecule has 4 aromatic rings. The molecular weight excluding hydrogens is 348 g/mol. The molecule has 0 radical (unpaired) electrons. The Morgan fingerprint density at radius 1 is 1.37 bits per heavy atom. The second-order valence-corrected chi connectivity index (χ2v) is 6.02. The lowest BCUT2D eigenvalue weighted by atomic mass is 10.2. The molecule has 138 valence electrons. The van der Waals surface area contributed by atoms with Crippen molar-refractivity contribution in [1.82, 2.24) is 29.9 Å². The predicted molar refractivity (Wildman–Crippen MR) is 97.6 cm³/mol. The molecule has 27 heavy (non-hydrogen) atoms. The van der Waals surface area contributed by atoms with E-state index in [0.29, 0.717) is 17.9 Å². The molecule has 3 aromatic heterocycles. The minimum Gasteiger partial charge on any atom is -0.497 e. The van der Waals surface area contributed by atoms with Gasteiger partial charge >= 0.3 is 0 Å². The highest BCUT2D eigenvalue weighted by Crippen LogP contribution is 2.18. The Morgan fingerprint density at radius 2 is 2.26 bits per heavy atom. The monoisotopic (exact) mass is 366 g/mol. The van der Waals surface area contributed by atoms with Crippen LogP contribution in [0.25, 0.3) is 16.7 Å². The molecular formula is C18H18N6O3. The Hall–Kier alpha value is -3.46. The van der Waals surface area contributed by atoms with Crippen LogP contribution < -0.4 is 10.1 Å². The number of hydrogen-bond acceptors (Lipinski definition) is 6. The molecule has 0 fully saturated rings. The average Bonchev–Trinajstić information content (AvgIpc) is 3.28. The summed E-state index contributed by atoms with van der Waals surface area (Å²) >= 11 is 0. The molecule has 9 heteroatoms. The summed E-state index contributed by atoms with van der Waals surface area (Å²) in [6.07, 6.45) is 3.90. The van der Waals surface area contributed by atoms with Gasteiger partial charge in [0.25, 0.3) is 5.91 Å². The zero-order valence-corrected chi connectivity index (χ0v) is 14.6. The van der Waals surface area contributed by atoms with Crippen LogP contribution in [0.5, 0.6) is 5.75 Å². The number of aliphatic hydroxyl groups is 1. The fraction of sp³-hybridized carbons (Fsp3) is 0.222. The number of carbonyl (C=O) groups is 1. The molecule has 3 N–H and O–H groups in total. The first-order valence-corrected chi connectivity index (χ1v) is 8.42. The maximum Gasteiger partial charge on any atom is 0.272 e. The Labute approximate surface area is 154 Å². The van der Waals surface area contributed by atoms with Crippen LogP contribution in [-0.4, -0.2) is 49.3 Å². The molecule has 3 heterocycles. The van der Waals surface area contributed by atoms with Crippen LogP contribution >= 0.6 is 0 Å². The average molecular weight is 366 g/mol. The van der Waals surface area contributed by atoms with Crippen LogP contribution in [0.2, 0.25) is 0 Å². The van der Waals surface area contributed by atoms with Crippen LogP contribution in [0, 0.1) is 0 Å². The van der Waals surface area contributed by atoms with Gasteiger partial charge in [0.05, 0.1) is 24.7 Å². The topological polar surface area (TPSA) is 117 Å². The van der Waals surface area contributed by atoms with E-state index in [1.807, 2.05) is 18.2 Å². The Balaban J connectivity index is 1.48. The van der Waals surface area contributed by atoms with Gasteiger partial charge in [-0.05, 0) is 24.1 Å². The smallest absolute Gasteiger partial charge is 0.272 e. The van der Waals surface area contributed by atoms with Crippen LogP contribution in [0.3, 0.4) is 0 Å². The number of aromatic nitrogens is 5. The van der Waals surface area contributed by atoms with E-state index in [-0.39, 0.29) is 24.8 Å². The molecule has 1 aromatic carbocycles. The predicted octanol–water partition coefficient (Wildman–Crippen LogP) is 1.08. The molecule has 0 spiro atoms. The molecule has 0 saturated heterocycles. The van der Waals surface area contributed by atoms with Crippen LogP contribution in [0.1, 0.15) is 21.9 Å². The Morgan fingerprint density at radius 3 is 3.07 bits per heavy atom. The number of methoxy groups -OCH3 is 1. The maximum absolute atomic E-state index is 12.4. The lowest BCUT2D eigenvalue weighted by Gasteiger charge is -1.99. The number of nitrogens with one attached hydrogen (secondary N) is 2. The third-order valence-electron chi connectivity index (χ3n) is 4.15. The number of rotatable bonds is 6. The van der Waals surface area contributed by atoms with Gasteiger partial charge in [-0.15, -0.1) is 0 Å². The van der Waals surface area contributed by atoms with E-state index in [4.69, 9.17) is 9.84 Å². The van der Waals surface area contributed by atoms with Crippen LogP contribution in [-0.2, 0) is 13.0 Å². The van der Waals surface area contributed by atoms with Gasteiger partial charge in [0.1, 0.15) is 11.6 Å². The molecule has 4 rings (SSSR count). The fourth-order valence-corrected chi connectivity index (χ4v) is 2.79. The number of hydrogen-bond donors (Lipinski definition) is 3. The number of amides is 1. The summed E-state index contributed by atoms with van der Waals surface area (Å²) in [6, 6.07) is 7.15. The van der Waals surface area contributed by atoms with Crippen molar-refractivity contribution in [2.45, 2.75) is 13.0 Å². The second kappa shape index (κ2) is 7.04. The Kier molecular flexibility index (Phi) is 4.43. The zero-order chi connectivity index (χ0) is 18.8. The van der Waals surface area contributed by atoms with Crippen molar-refractivity contribution in [3.8, 4) is 5.75 Å². The lowest BCUT2D eigenvalue weighted by Crippen LogP contribution is -2.23. The van der Waals surface area contributed by atoms with E-state index in [9.17, 15) is 4.79 Å². The van der Waals surface area contributed by atoms with Gasteiger partial charge in [-0.1, -0.05) is 0 Å². The number of aliphatic hydroxyl groups excluding tert-OH is 1. The van der Waals surface area contributed by atoms with E-state index in [1.54, 1.807) is 25.6 Å². The van der Waals surface area contributed by atoms with Crippen molar-refractivity contribution in [3.63, 3.8) is 0 Å². The molecule has 0 bridgehead atoms. The highest BCUT2D eigenvalue weighted by molar-refractivity contribution is 5.93. The minimum absolute atomic E-state index is 0.0329. The van der Waals surface area contributed by atoms with Crippen molar-refractivity contribution in [3.05, 3.63) is 53.7 Å². The minimum atomic E-state index is -0.317. The van der Waals surface area contributed by atoms with Crippen LogP contribution in [0.15, 0.2) is 36.7 Å². The summed E-state index contributed by atoms with van der Waals surface area (Å²) in [5.74, 6) is 1.06. The van der Waals surface area contributed by atoms with Gasteiger partial charge in [-0.2, -0.15) is 5.10 Å². The first kappa shape index (κ1) is 17.0. The summed E-state index contributed by atoms with van der Waals surface area (Å²) in [7, 11) is 1.61. The fourth-order valence-electron chi connectivity index (χ4n) is 2.79. The largest absolute Gasteiger partial charge is 0.497 e. The van der Waals surface area contributed by atoms with Gasteiger partial charge in [-0.3, -0.25) is 4.79 Å². The van der Waals surface area contributed by atoms with Crippen molar-refractivity contribution in [1.29, 1.82) is 0 Å². The number of ether oxygens (including phenoxy) is 1. The number of aromatic amines is 1. The highest BCUT2D eigenvalue weighted by atomic mass is 16.5. The van der Waals surface area contributed by atoms with Gasteiger partial charge in [0.2, 0.25) is 0 Å². The molecule has 1 amide bonds. The van der Waals surface area contributed by atoms with Crippen LogP contribution in [0.4, 0.5) is 0 Å². The quantitative estimate of drug-likeness (QED) is 0.470. The highest BCUT2D eigenvalue weighted by Gasteiger charge is 2.13. The third kappa shape index (κ3) is 3.44. The van der Waals surface area contributed by atoms with E-state index >= 15 is 0 Å². The number of imidazole rings is 1. The number of benzene rings is 1. The molecule has 0 aliphatic heterocycles. The standard InChI is InChI=1S/C18H18N6O3/c1-27-12-2-3-13-14(6-12)22-16(21-13)9-20-18(26)15-7-17-19-8-11(4-5-25)10-24(17)23-15/h2-3,6-8,10,25H,4-5,9H2,1H3,(H,20,26)(H,21,22). The van der Waals surface area contributed by atoms with Crippen molar-refractivity contribution >= 4 is 22.6 Å². The maximum atomic E-state index is 12.4. The molecule has 9 nitrogen and oxygen atoms in total. The second-order valence-electron chi connectivity index (χ2n) is 6.02. The number of fused-ring (bicyclic) bond motifs is 2. The summed E-state index contributed by atoms with van der Waals surface area (Å²) in [5, 5.41) is 16.1. The first-order valence-electron chi connectivity index (χ1n) is 8.42. The Bertz CT molecular complexity index is 1120. The number of nitrogens with zero attached hydrogens (tertiary/aromatic N) is 4. The van der Waals surface area contributed by atoms with E-state index in [0.717, 1.165) is 22.3 Å². The van der Waals surface area contributed by atoms with E-state index in [1.165, 1.54) is 4.52 Å². The molecule has 0 unspecified atom stereocenters. The molecule has 0 saturated carbocycles. The van der Waals surface area contributed by atoms with Crippen molar-refractivity contribution < 1.29 is 14.6 Å². The van der Waals surface area contributed by atoms with E-state index in [2.05, 4.69) is 25.4 Å². The SMILES string of the molecule is COc1ccc2nc(CNC(=O)c3cc4ncc(CCO)cn4n3)[nH]c2c1. The number of carbonyl (C=O) groups excluding carboxylic acids is 1. The summed E-state index contributed by atoms with van der Waals surface area (Å²) < 4.78 is 6.73. The molecule has 0 atom stereocenters. The van der Waals surface area contributed by atoms with Crippen molar-refractivity contribution in [2.24, 2.45) is 0 Å². The van der Waals surface area contributed by atoms with E-state index < -0.39 is 0 Å². The summed E-state index contributed by atoms with van der Waals surface area (Å²) in [5.41, 5.74) is 3.32. The lowest BCUT2D eigenvalue weighted by molar-refractivity contribution is 0.0944. The number of H-pyrrole nitrogens is 1. The normalized spacial score (nSPS) is 11.2. The summed E-state index contributed by atoms with van der Waals surface area (Å²) in [6.45, 7) is 0.276. The van der Waals surface area contributed by atoms with Gasteiger partial charge in [0, 0.05) is 31.1 Å². The van der Waals surface area contributed by atoms with Gasteiger partial charge in [-0.25, -0.2) is 14.5 Å².